The maximum Gasteiger partial charge on any atom is 0.223 e. The molecule has 1 aromatic heterocycles. The molecule has 3 N–H and O–H groups in total. The van der Waals surface area contributed by atoms with Crippen molar-refractivity contribution in [1.82, 2.24) is 14.9 Å². The molecule has 1 rings (SSSR count). The van der Waals surface area contributed by atoms with Crippen molar-refractivity contribution >= 4 is 29.1 Å². The van der Waals surface area contributed by atoms with Crippen LogP contribution in [0.2, 0.25) is 0 Å². The lowest BCUT2D eigenvalue weighted by atomic mass is 10.3. The first-order valence-corrected chi connectivity index (χ1v) is 5.90. The van der Waals surface area contributed by atoms with Gasteiger partial charge in [-0.3, -0.25) is 4.79 Å². The number of nitrogens with two attached hydrogens (primary N) is 1. The zero-order chi connectivity index (χ0) is 13.7. The molecule has 1 heterocycles. The van der Waals surface area contributed by atoms with Gasteiger partial charge in [0.1, 0.15) is 10.7 Å². The van der Waals surface area contributed by atoms with E-state index in [0.717, 1.165) is 5.69 Å². The van der Waals surface area contributed by atoms with Crippen LogP contribution in [0.5, 0.6) is 0 Å². The average molecular weight is 267 g/mol. The second-order valence-electron chi connectivity index (χ2n) is 4.05. The third kappa shape index (κ3) is 4.25. The number of nitrogens with zero attached hydrogens (tertiary/aromatic N) is 3. The maximum atomic E-state index is 11.4. The zero-order valence-corrected chi connectivity index (χ0v) is 11.5. The van der Waals surface area contributed by atoms with Crippen LogP contribution in [-0.4, -0.2) is 46.4 Å². The van der Waals surface area contributed by atoms with E-state index in [0.29, 0.717) is 24.6 Å². The summed E-state index contributed by atoms with van der Waals surface area (Å²) in [7, 11) is 3.44. The third-order valence-electron chi connectivity index (χ3n) is 2.23. The van der Waals surface area contributed by atoms with Gasteiger partial charge in [0, 0.05) is 32.8 Å². The molecule has 0 unspecified atom stereocenters. The first-order chi connectivity index (χ1) is 8.40. The molecule has 0 aliphatic heterocycles. The van der Waals surface area contributed by atoms with Gasteiger partial charge in [-0.15, -0.1) is 0 Å². The first-order valence-electron chi connectivity index (χ1n) is 5.49. The summed E-state index contributed by atoms with van der Waals surface area (Å²) >= 11 is 4.87. The van der Waals surface area contributed by atoms with E-state index < -0.39 is 0 Å². The topological polar surface area (TPSA) is 84.1 Å². The predicted octanol–water partition coefficient (Wildman–Crippen LogP) is 0.309. The van der Waals surface area contributed by atoms with E-state index in [-0.39, 0.29) is 10.9 Å². The molecular formula is C11H17N5OS. The fraction of sp³-hybridized carbons (Fsp3) is 0.455. The predicted molar refractivity (Wildman–Crippen MR) is 74.5 cm³/mol. The van der Waals surface area contributed by atoms with E-state index in [4.69, 9.17) is 18.0 Å². The van der Waals surface area contributed by atoms with Gasteiger partial charge < -0.3 is 16.0 Å². The van der Waals surface area contributed by atoms with Crippen LogP contribution in [0.3, 0.4) is 0 Å². The molecule has 0 aliphatic carbocycles. The number of aromatic nitrogens is 2. The highest BCUT2D eigenvalue weighted by Gasteiger charge is 2.06. The van der Waals surface area contributed by atoms with Gasteiger partial charge in [0.25, 0.3) is 0 Å². The number of rotatable bonds is 5. The van der Waals surface area contributed by atoms with Crippen molar-refractivity contribution in [2.75, 3.05) is 26.0 Å². The van der Waals surface area contributed by atoms with E-state index in [1.54, 1.807) is 25.1 Å². The number of carbonyl (C=O) groups is 1. The van der Waals surface area contributed by atoms with Crippen molar-refractivity contribution in [3.63, 3.8) is 0 Å². The summed E-state index contributed by atoms with van der Waals surface area (Å²) in [6, 6.07) is 1.72. The van der Waals surface area contributed by atoms with Gasteiger partial charge in [-0.25, -0.2) is 9.97 Å². The van der Waals surface area contributed by atoms with Crippen molar-refractivity contribution in [2.45, 2.75) is 13.3 Å². The van der Waals surface area contributed by atoms with Gasteiger partial charge in [0.05, 0.1) is 0 Å². The van der Waals surface area contributed by atoms with Crippen molar-refractivity contribution in [3.8, 4) is 0 Å². The number of amides is 1. The SMILES string of the molecule is Cc1cc(C(N)=S)nc(NCCC(=O)N(C)C)n1. The highest BCUT2D eigenvalue weighted by Crippen LogP contribution is 2.05. The minimum absolute atomic E-state index is 0.0460. The van der Waals surface area contributed by atoms with E-state index in [1.807, 2.05) is 6.92 Å². The minimum atomic E-state index is 0.0460. The first kappa shape index (κ1) is 14.3. The maximum absolute atomic E-state index is 11.4. The van der Waals surface area contributed by atoms with Gasteiger partial charge in [-0.1, -0.05) is 12.2 Å². The summed E-state index contributed by atoms with van der Waals surface area (Å²) < 4.78 is 0. The molecule has 1 aromatic rings. The Morgan fingerprint density at radius 3 is 2.72 bits per heavy atom. The third-order valence-corrected chi connectivity index (χ3v) is 2.44. The zero-order valence-electron chi connectivity index (χ0n) is 10.7. The summed E-state index contributed by atoms with van der Waals surface area (Å²) in [6.45, 7) is 2.30. The lowest BCUT2D eigenvalue weighted by Gasteiger charge is -2.11. The van der Waals surface area contributed by atoms with Gasteiger partial charge >= 0.3 is 0 Å². The highest BCUT2D eigenvalue weighted by molar-refractivity contribution is 7.80. The van der Waals surface area contributed by atoms with Crippen molar-refractivity contribution in [1.29, 1.82) is 0 Å². The van der Waals surface area contributed by atoms with Crippen LogP contribution in [0.15, 0.2) is 6.07 Å². The Hall–Kier alpha value is -1.76. The molecule has 0 aromatic carbocycles. The molecule has 0 spiro atoms. The lowest BCUT2D eigenvalue weighted by Crippen LogP contribution is -2.24. The lowest BCUT2D eigenvalue weighted by molar-refractivity contribution is -0.128. The fourth-order valence-electron chi connectivity index (χ4n) is 1.28. The molecule has 6 nitrogen and oxygen atoms in total. The molecule has 98 valence electrons. The molecule has 0 saturated carbocycles. The summed E-state index contributed by atoms with van der Waals surface area (Å²) in [6.07, 6.45) is 0.382. The van der Waals surface area contributed by atoms with E-state index in [2.05, 4.69) is 15.3 Å². The number of hydrogen-bond donors (Lipinski definition) is 2. The van der Waals surface area contributed by atoms with Crippen molar-refractivity contribution < 1.29 is 4.79 Å². The number of thiocarbonyl (C=S) groups is 1. The monoisotopic (exact) mass is 267 g/mol. The molecule has 0 aliphatic rings. The van der Waals surface area contributed by atoms with Gasteiger partial charge in [-0.2, -0.15) is 0 Å². The number of aryl methyl sites for hydroxylation is 1. The Bertz CT molecular complexity index is 461. The quantitative estimate of drug-likeness (QED) is 0.747. The highest BCUT2D eigenvalue weighted by atomic mass is 32.1. The summed E-state index contributed by atoms with van der Waals surface area (Å²) in [5, 5.41) is 2.98. The Morgan fingerprint density at radius 1 is 1.50 bits per heavy atom. The van der Waals surface area contributed by atoms with Gasteiger partial charge in [0.15, 0.2) is 0 Å². The average Bonchev–Trinajstić information content (AvgIpc) is 2.27. The van der Waals surface area contributed by atoms with Gasteiger partial charge in [-0.05, 0) is 13.0 Å². The van der Waals surface area contributed by atoms with Crippen LogP contribution in [0, 0.1) is 6.92 Å². The summed E-state index contributed by atoms with van der Waals surface area (Å²) in [5.74, 6) is 0.481. The van der Waals surface area contributed by atoms with Crippen molar-refractivity contribution in [2.24, 2.45) is 5.73 Å². The molecule has 18 heavy (non-hydrogen) atoms. The Balaban J connectivity index is 2.62. The molecule has 0 bridgehead atoms. The summed E-state index contributed by atoms with van der Waals surface area (Å²) in [4.78, 5) is 21.5. The van der Waals surface area contributed by atoms with Crippen LogP contribution in [-0.2, 0) is 4.79 Å². The van der Waals surface area contributed by atoms with Crippen LogP contribution < -0.4 is 11.1 Å². The van der Waals surface area contributed by atoms with E-state index in [9.17, 15) is 4.79 Å². The molecule has 0 atom stereocenters. The second-order valence-corrected chi connectivity index (χ2v) is 4.49. The van der Waals surface area contributed by atoms with Crippen LogP contribution in [0.1, 0.15) is 17.8 Å². The molecule has 0 saturated heterocycles. The molecule has 7 heteroatoms. The number of carbonyl (C=O) groups excluding carboxylic acids is 1. The second kappa shape index (κ2) is 6.25. The molecule has 0 radical (unpaired) electrons. The Labute approximate surface area is 112 Å². The minimum Gasteiger partial charge on any atom is -0.388 e. The smallest absolute Gasteiger partial charge is 0.223 e. The normalized spacial score (nSPS) is 9.94. The molecule has 1 amide bonds. The van der Waals surface area contributed by atoms with Gasteiger partial charge in [0.2, 0.25) is 11.9 Å². The number of anilines is 1. The van der Waals surface area contributed by atoms with Crippen LogP contribution in [0.4, 0.5) is 5.95 Å². The van der Waals surface area contributed by atoms with Crippen LogP contribution in [0.25, 0.3) is 0 Å². The Morgan fingerprint density at radius 2 is 2.17 bits per heavy atom. The molecule has 0 fully saturated rings. The standard InChI is InChI=1S/C11H17N5OS/c1-7-6-8(10(12)18)15-11(14-7)13-5-4-9(17)16(2)3/h6H,4-5H2,1-3H3,(H2,12,18)(H,13,14,15). The summed E-state index contributed by atoms with van der Waals surface area (Å²) in [5.41, 5.74) is 6.82. The van der Waals surface area contributed by atoms with E-state index in [1.165, 1.54) is 0 Å². The molecular weight excluding hydrogens is 250 g/mol. The fourth-order valence-corrected chi connectivity index (χ4v) is 1.38. The van der Waals surface area contributed by atoms with E-state index >= 15 is 0 Å². The Kier molecular flexibility index (Phi) is 4.96. The largest absolute Gasteiger partial charge is 0.388 e. The number of nitrogens with one attached hydrogen (secondary N) is 1. The number of hydrogen-bond acceptors (Lipinski definition) is 5. The van der Waals surface area contributed by atoms with Crippen molar-refractivity contribution in [3.05, 3.63) is 17.5 Å². The van der Waals surface area contributed by atoms with Crippen LogP contribution >= 0.6 is 12.2 Å².